The second-order valence-electron chi connectivity index (χ2n) is 6.66. The van der Waals surface area contributed by atoms with Gasteiger partial charge in [-0.1, -0.05) is 23.4 Å². The molecule has 146 valence electrons. The summed E-state index contributed by atoms with van der Waals surface area (Å²) >= 11 is 0. The average molecular weight is 381 g/mol. The maximum Gasteiger partial charge on any atom is 0.276 e. The molecule has 0 saturated carbocycles. The van der Waals surface area contributed by atoms with Crippen molar-refractivity contribution in [1.82, 2.24) is 15.0 Å². The molecule has 4 rings (SSSR count). The number of benzene rings is 1. The lowest BCUT2D eigenvalue weighted by Crippen LogP contribution is -2.48. The molecule has 1 amide bonds. The number of ether oxygens (including phenoxy) is 1. The van der Waals surface area contributed by atoms with Gasteiger partial charge < -0.3 is 18.6 Å². The first-order chi connectivity index (χ1) is 13.7. The van der Waals surface area contributed by atoms with Gasteiger partial charge in [-0.25, -0.2) is 0 Å². The molecule has 0 unspecified atom stereocenters. The van der Waals surface area contributed by atoms with Crippen LogP contribution in [-0.2, 0) is 6.54 Å². The van der Waals surface area contributed by atoms with Crippen molar-refractivity contribution in [2.75, 3.05) is 32.8 Å². The predicted molar refractivity (Wildman–Crippen MR) is 103 cm³/mol. The molecule has 1 aromatic carbocycles. The van der Waals surface area contributed by atoms with Crippen molar-refractivity contribution in [1.29, 1.82) is 0 Å². The summed E-state index contributed by atoms with van der Waals surface area (Å²) in [6.07, 6.45) is 1.56. The van der Waals surface area contributed by atoms with Crippen molar-refractivity contribution < 1.29 is 18.5 Å². The van der Waals surface area contributed by atoms with Crippen LogP contribution in [0.25, 0.3) is 11.5 Å². The first-order valence-electron chi connectivity index (χ1n) is 9.47. The third-order valence-electron chi connectivity index (χ3n) is 4.82. The second kappa shape index (κ2) is 8.31. The van der Waals surface area contributed by atoms with Gasteiger partial charge in [0, 0.05) is 44.4 Å². The third kappa shape index (κ3) is 3.94. The normalized spacial score (nSPS) is 15.0. The van der Waals surface area contributed by atoms with Crippen molar-refractivity contribution >= 4 is 5.91 Å². The highest BCUT2D eigenvalue weighted by atomic mass is 16.5. The number of amides is 1. The Morgan fingerprint density at radius 2 is 1.93 bits per heavy atom. The van der Waals surface area contributed by atoms with Crippen LogP contribution in [0, 0.1) is 0 Å². The molecule has 0 spiro atoms. The summed E-state index contributed by atoms with van der Waals surface area (Å²) in [5.74, 6) is 1.83. The predicted octanol–water partition coefficient (Wildman–Crippen LogP) is 3.29. The summed E-state index contributed by atoms with van der Waals surface area (Å²) < 4.78 is 16.2. The van der Waals surface area contributed by atoms with Crippen LogP contribution in [0.1, 0.15) is 23.0 Å². The van der Waals surface area contributed by atoms with E-state index < -0.39 is 0 Å². The van der Waals surface area contributed by atoms with E-state index in [1.54, 1.807) is 24.5 Å². The Balaban J connectivity index is 1.35. The van der Waals surface area contributed by atoms with Gasteiger partial charge in [-0.2, -0.15) is 0 Å². The number of hydrogen-bond donors (Lipinski definition) is 0. The lowest BCUT2D eigenvalue weighted by molar-refractivity contribution is 0.0617. The first-order valence-corrected chi connectivity index (χ1v) is 9.47. The Kier molecular flexibility index (Phi) is 5.43. The SMILES string of the molecule is CCOc1ccccc1CN1CCN(C(=O)c2cc(-c3ccco3)on2)CC1. The van der Waals surface area contributed by atoms with E-state index in [0.717, 1.165) is 25.4 Å². The van der Waals surface area contributed by atoms with Gasteiger partial charge in [-0.15, -0.1) is 0 Å². The molecule has 0 aliphatic carbocycles. The minimum Gasteiger partial charge on any atom is -0.494 e. The molecular formula is C21H23N3O4. The van der Waals surface area contributed by atoms with Crippen molar-refractivity contribution in [3.05, 3.63) is 60.0 Å². The molecule has 2 aromatic heterocycles. The molecule has 3 heterocycles. The zero-order chi connectivity index (χ0) is 19.3. The van der Waals surface area contributed by atoms with E-state index in [-0.39, 0.29) is 5.91 Å². The molecule has 0 bridgehead atoms. The Morgan fingerprint density at radius 1 is 1.11 bits per heavy atom. The van der Waals surface area contributed by atoms with E-state index in [0.29, 0.717) is 36.9 Å². The molecular weight excluding hydrogens is 358 g/mol. The van der Waals surface area contributed by atoms with Crippen LogP contribution in [0.3, 0.4) is 0 Å². The Labute approximate surface area is 163 Å². The quantitative estimate of drug-likeness (QED) is 0.652. The number of furan rings is 1. The molecule has 7 nitrogen and oxygen atoms in total. The maximum atomic E-state index is 12.7. The smallest absolute Gasteiger partial charge is 0.276 e. The van der Waals surface area contributed by atoms with Crippen molar-refractivity contribution in [2.24, 2.45) is 0 Å². The monoisotopic (exact) mass is 381 g/mol. The number of rotatable bonds is 6. The average Bonchev–Trinajstić information content (AvgIpc) is 3.42. The standard InChI is InChI=1S/C21H23N3O4/c1-2-26-18-7-4-3-6-16(18)15-23-9-11-24(12-10-23)21(25)17-14-20(28-22-17)19-8-5-13-27-19/h3-8,13-14H,2,9-12,15H2,1H3. The van der Waals surface area contributed by atoms with E-state index in [1.165, 1.54) is 5.56 Å². The lowest BCUT2D eigenvalue weighted by atomic mass is 10.1. The number of hydrogen-bond acceptors (Lipinski definition) is 6. The van der Waals surface area contributed by atoms with Gasteiger partial charge >= 0.3 is 0 Å². The van der Waals surface area contributed by atoms with Crippen LogP contribution in [0.5, 0.6) is 5.75 Å². The largest absolute Gasteiger partial charge is 0.494 e. The van der Waals surface area contributed by atoms with Gasteiger partial charge in [0.1, 0.15) is 5.75 Å². The van der Waals surface area contributed by atoms with E-state index in [1.807, 2.05) is 30.0 Å². The second-order valence-corrected chi connectivity index (χ2v) is 6.66. The van der Waals surface area contributed by atoms with Gasteiger partial charge in [0.25, 0.3) is 5.91 Å². The van der Waals surface area contributed by atoms with E-state index in [4.69, 9.17) is 13.7 Å². The summed E-state index contributed by atoms with van der Waals surface area (Å²) in [4.78, 5) is 16.9. The van der Waals surface area contributed by atoms with Crippen molar-refractivity contribution in [2.45, 2.75) is 13.5 Å². The Morgan fingerprint density at radius 3 is 2.68 bits per heavy atom. The van der Waals surface area contributed by atoms with Crippen LogP contribution in [0.15, 0.2) is 57.7 Å². The number of carbonyl (C=O) groups is 1. The van der Waals surface area contributed by atoms with Crippen molar-refractivity contribution in [3.8, 4) is 17.3 Å². The Bertz CT molecular complexity index is 911. The highest BCUT2D eigenvalue weighted by molar-refractivity contribution is 5.93. The first kappa shape index (κ1) is 18.3. The van der Waals surface area contributed by atoms with Gasteiger partial charge in [0.2, 0.25) is 5.76 Å². The minimum atomic E-state index is -0.115. The van der Waals surface area contributed by atoms with Crippen LogP contribution in [0.2, 0.25) is 0 Å². The number of carbonyl (C=O) groups excluding carboxylic acids is 1. The van der Waals surface area contributed by atoms with Gasteiger partial charge in [0.05, 0.1) is 12.9 Å². The topological polar surface area (TPSA) is 72.0 Å². The fraction of sp³-hybridized carbons (Fsp3) is 0.333. The molecule has 0 atom stereocenters. The highest BCUT2D eigenvalue weighted by Crippen LogP contribution is 2.23. The van der Waals surface area contributed by atoms with E-state index >= 15 is 0 Å². The zero-order valence-corrected chi connectivity index (χ0v) is 15.8. The minimum absolute atomic E-state index is 0.115. The molecule has 28 heavy (non-hydrogen) atoms. The molecule has 1 fully saturated rings. The van der Waals surface area contributed by atoms with Crippen LogP contribution in [-0.4, -0.2) is 53.6 Å². The molecule has 0 N–H and O–H groups in total. The molecule has 7 heteroatoms. The summed E-state index contributed by atoms with van der Waals surface area (Å²) in [6, 6.07) is 13.3. The summed E-state index contributed by atoms with van der Waals surface area (Å²) in [5, 5.41) is 3.91. The van der Waals surface area contributed by atoms with E-state index in [9.17, 15) is 4.79 Å². The number of para-hydroxylation sites is 1. The third-order valence-corrected chi connectivity index (χ3v) is 4.82. The van der Waals surface area contributed by atoms with Crippen LogP contribution < -0.4 is 4.74 Å². The van der Waals surface area contributed by atoms with Gasteiger partial charge in [-0.05, 0) is 25.1 Å². The number of aromatic nitrogens is 1. The highest BCUT2D eigenvalue weighted by Gasteiger charge is 2.25. The van der Waals surface area contributed by atoms with Crippen LogP contribution in [0.4, 0.5) is 0 Å². The number of piperazine rings is 1. The summed E-state index contributed by atoms with van der Waals surface area (Å²) in [7, 11) is 0. The lowest BCUT2D eigenvalue weighted by Gasteiger charge is -2.34. The summed E-state index contributed by atoms with van der Waals surface area (Å²) in [6.45, 7) is 6.35. The fourth-order valence-electron chi connectivity index (χ4n) is 3.35. The fourth-order valence-corrected chi connectivity index (χ4v) is 3.35. The molecule has 1 saturated heterocycles. The van der Waals surface area contributed by atoms with Crippen LogP contribution >= 0.6 is 0 Å². The number of nitrogens with zero attached hydrogens (tertiary/aromatic N) is 3. The van der Waals surface area contributed by atoms with Gasteiger partial charge in [-0.3, -0.25) is 9.69 Å². The Hall–Kier alpha value is -3.06. The van der Waals surface area contributed by atoms with Crippen molar-refractivity contribution in [3.63, 3.8) is 0 Å². The maximum absolute atomic E-state index is 12.7. The molecule has 1 aliphatic heterocycles. The molecule has 3 aromatic rings. The summed E-state index contributed by atoms with van der Waals surface area (Å²) in [5.41, 5.74) is 1.48. The molecule has 0 radical (unpaired) electrons. The van der Waals surface area contributed by atoms with E-state index in [2.05, 4.69) is 16.1 Å². The van der Waals surface area contributed by atoms with Gasteiger partial charge in [0.15, 0.2) is 11.5 Å². The molecule has 1 aliphatic rings. The zero-order valence-electron chi connectivity index (χ0n) is 15.8.